The van der Waals surface area contributed by atoms with Crippen LogP contribution in [-0.2, 0) is 4.74 Å². The minimum absolute atomic E-state index is 0.0505. The van der Waals surface area contributed by atoms with Crippen molar-refractivity contribution < 1.29 is 4.74 Å². The molecule has 0 saturated carbocycles. The Morgan fingerprint density at radius 2 is 2.12 bits per heavy atom. The van der Waals surface area contributed by atoms with Crippen LogP contribution in [0.15, 0.2) is 10.7 Å². The molecule has 0 radical (unpaired) electrons. The molecule has 17 heavy (non-hydrogen) atoms. The molecule has 1 rings (SSSR count). The Bertz CT molecular complexity index is 358. The lowest BCUT2D eigenvalue weighted by Crippen LogP contribution is -2.15. The zero-order valence-corrected chi connectivity index (χ0v) is 12.4. The number of aromatic nitrogens is 2. The number of hydrogen-bond donors (Lipinski definition) is 1. The van der Waals surface area contributed by atoms with Gasteiger partial charge in [0.25, 0.3) is 0 Å². The highest BCUT2D eigenvalue weighted by molar-refractivity contribution is 9.10. The van der Waals surface area contributed by atoms with E-state index in [2.05, 4.69) is 45.1 Å². The molecule has 1 atom stereocenters. The fourth-order valence-corrected chi connectivity index (χ4v) is 1.89. The first-order valence-electron chi connectivity index (χ1n) is 5.98. The predicted octanol–water partition coefficient (Wildman–Crippen LogP) is 3.40. The fourth-order valence-electron chi connectivity index (χ4n) is 1.55. The number of hydrogen-bond acceptors (Lipinski definition) is 4. The highest BCUT2D eigenvalue weighted by Crippen LogP contribution is 2.26. The first-order chi connectivity index (χ1) is 8.10. The quantitative estimate of drug-likeness (QED) is 0.875. The van der Waals surface area contributed by atoms with Gasteiger partial charge >= 0.3 is 0 Å². The van der Waals surface area contributed by atoms with Crippen molar-refractivity contribution in [2.45, 2.75) is 33.8 Å². The predicted molar refractivity (Wildman–Crippen MR) is 73.1 cm³/mol. The molecule has 1 unspecified atom stereocenters. The molecule has 0 saturated heterocycles. The Labute approximate surface area is 111 Å². The minimum Gasteiger partial charge on any atom is -0.370 e. The smallest absolute Gasteiger partial charge is 0.159 e. The number of rotatable bonds is 6. The standard InChI is InChI=1S/C12H20BrN3O/c1-5-14-11-9(13)7-15-12(16-11)10(8(3)4)17-6-2/h7-8,10H,5-6H2,1-4H3,(H,14,15,16). The molecule has 0 aliphatic carbocycles. The van der Waals surface area contributed by atoms with Crippen molar-refractivity contribution in [3.63, 3.8) is 0 Å². The van der Waals surface area contributed by atoms with Gasteiger partial charge in [0.2, 0.25) is 0 Å². The van der Waals surface area contributed by atoms with Gasteiger partial charge in [-0.25, -0.2) is 9.97 Å². The van der Waals surface area contributed by atoms with E-state index in [1.54, 1.807) is 6.20 Å². The molecule has 1 aromatic rings. The molecular formula is C12H20BrN3O. The van der Waals surface area contributed by atoms with Gasteiger partial charge in [-0.05, 0) is 35.7 Å². The van der Waals surface area contributed by atoms with Crippen molar-refractivity contribution >= 4 is 21.7 Å². The Balaban J connectivity index is 2.99. The Hall–Kier alpha value is -0.680. The molecule has 0 aliphatic rings. The van der Waals surface area contributed by atoms with E-state index in [4.69, 9.17) is 4.74 Å². The topological polar surface area (TPSA) is 47.0 Å². The summed E-state index contributed by atoms with van der Waals surface area (Å²) in [7, 11) is 0. The molecule has 1 N–H and O–H groups in total. The molecule has 0 fully saturated rings. The molecule has 0 bridgehead atoms. The van der Waals surface area contributed by atoms with Crippen LogP contribution in [-0.4, -0.2) is 23.1 Å². The summed E-state index contributed by atoms with van der Waals surface area (Å²) in [4.78, 5) is 8.85. The molecule has 0 spiro atoms. The lowest BCUT2D eigenvalue weighted by Gasteiger charge is -2.20. The normalized spacial score (nSPS) is 12.8. The summed E-state index contributed by atoms with van der Waals surface area (Å²) < 4.78 is 6.57. The van der Waals surface area contributed by atoms with Gasteiger partial charge < -0.3 is 10.1 Å². The first-order valence-corrected chi connectivity index (χ1v) is 6.77. The van der Waals surface area contributed by atoms with E-state index in [0.717, 1.165) is 22.7 Å². The van der Waals surface area contributed by atoms with E-state index in [-0.39, 0.29) is 6.10 Å². The lowest BCUT2D eigenvalue weighted by atomic mass is 10.1. The summed E-state index contributed by atoms with van der Waals surface area (Å²) in [6.45, 7) is 9.74. The highest BCUT2D eigenvalue weighted by Gasteiger charge is 2.20. The van der Waals surface area contributed by atoms with E-state index < -0.39 is 0 Å². The van der Waals surface area contributed by atoms with Crippen molar-refractivity contribution in [3.8, 4) is 0 Å². The lowest BCUT2D eigenvalue weighted by molar-refractivity contribution is 0.0233. The molecule has 1 aromatic heterocycles. The van der Waals surface area contributed by atoms with Crippen LogP contribution in [0.4, 0.5) is 5.82 Å². The van der Waals surface area contributed by atoms with Gasteiger partial charge in [-0.3, -0.25) is 0 Å². The molecule has 96 valence electrons. The number of ether oxygens (including phenoxy) is 1. The minimum atomic E-state index is -0.0505. The summed E-state index contributed by atoms with van der Waals surface area (Å²) in [6, 6.07) is 0. The maximum Gasteiger partial charge on any atom is 0.159 e. The van der Waals surface area contributed by atoms with Crippen LogP contribution in [0.25, 0.3) is 0 Å². The van der Waals surface area contributed by atoms with Crippen LogP contribution in [0.2, 0.25) is 0 Å². The summed E-state index contributed by atoms with van der Waals surface area (Å²) >= 11 is 3.43. The van der Waals surface area contributed by atoms with Crippen molar-refractivity contribution in [1.29, 1.82) is 0 Å². The maximum absolute atomic E-state index is 5.69. The van der Waals surface area contributed by atoms with Gasteiger partial charge in [-0.2, -0.15) is 0 Å². The van der Waals surface area contributed by atoms with E-state index in [1.807, 2.05) is 13.8 Å². The van der Waals surface area contributed by atoms with Crippen LogP contribution in [0.1, 0.15) is 39.6 Å². The van der Waals surface area contributed by atoms with Gasteiger partial charge in [0, 0.05) is 19.3 Å². The van der Waals surface area contributed by atoms with Crippen molar-refractivity contribution in [1.82, 2.24) is 9.97 Å². The number of halogens is 1. The monoisotopic (exact) mass is 301 g/mol. The second-order valence-electron chi connectivity index (χ2n) is 4.08. The third-order valence-electron chi connectivity index (χ3n) is 2.31. The molecule has 1 heterocycles. The fraction of sp³-hybridized carbons (Fsp3) is 0.667. The third-order valence-corrected chi connectivity index (χ3v) is 2.89. The summed E-state index contributed by atoms with van der Waals surface area (Å²) in [5, 5.41) is 3.20. The van der Waals surface area contributed by atoms with E-state index in [0.29, 0.717) is 12.5 Å². The summed E-state index contributed by atoms with van der Waals surface area (Å²) in [6.07, 6.45) is 1.72. The molecule has 4 nitrogen and oxygen atoms in total. The van der Waals surface area contributed by atoms with Crippen LogP contribution in [0.3, 0.4) is 0 Å². The Morgan fingerprint density at radius 1 is 1.41 bits per heavy atom. The number of nitrogens with zero attached hydrogens (tertiary/aromatic N) is 2. The number of nitrogens with one attached hydrogen (secondary N) is 1. The average molecular weight is 302 g/mol. The van der Waals surface area contributed by atoms with Crippen molar-refractivity contribution in [2.24, 2.45) is 5.92 Å². The zero-order chi connectivity index (χ0) is 12.8. The van der Waals surface area contributed by atoms with Crippen molar-refractivity contribution in [3.05, 3.63) is 16.5 Å². The highest BCUT2D eigenvalue weighted by atomic mass is 79.9. The molecule has 0 aromatic carbocycles. The van der Waals surface area contributed by atoms with Gasteiger partial charge in [0.05, 0.1) is 4.47 Å². The zero-order valence-electron chi connectivity index (χ0n) is 10.8. The molecule has 0 aliphatic heterocycles. The van der Waals surface area contributed by atoms with Crippen LogP contribution in [0.5, 0.6) is 0 Å². The SMILES string of the molecule is CCNc1nc(C(OCC)C(C)C)ncc1Br. The summed E-state index contributed by atoms with van der Waals surface area (Å²) in [5.41, 5.74) is 0. The first kappa shape index (κ1) is 14.4. The third kappa shape index (κ3) is 3.92. The van der Waals surface area contributed by atoms with Gasteiger partial charge in [-0.1, -0.05) is 13.8 Å². The van der Waals surface area contributed by atoms with Crippen molar-refractivity contribution in [2.75, 3.05) is 18.5 Å². The number of anilines is 1. The second kappa shape index (κ2) is 6.91. The van der Waals surface area contributed by atoms with Crippen LogP contribution >= 0.6 is 15.9 Å². The van der Waals surface area contributed by atoms with E-state index in [1.165, 1.54) is 0 Å². The van der Waals surface area contributed by atoms with E-state index >= 15 is 0 Å². The van der Waals surface area contributed by atoms with Crippen LogP contribution < -0.4 is 5.32 Å². The summed E-state index contributed by atoms with van der Waals surface area (Å²) in [5.74, 6) is 1.91. The second-order valence-corrected chi connectivity index (χ2v) is 4.93. The Morgan fingerprint density at radius 3 is 2.65 bits per heavy atom. The maximum atomic E-state index is 5.69. The van der Waals surface area contributed by atoms with Crippen LogP contribution in [0, 0.1) is 5.92 Å². The van der Waals surface area contributed by atoms with Gasteiger partial charge in [0.15, 0.2) is 5.82 Å². The molecule has 0 amide bonds. The molecular weight excluding hydrogens is 282 g/mol. The van der Waals surface area contributed by atoms with Gasteiger partial charge in [0.1, 0.15) is 11.9 Å². The van der Waals surface area contributed by atoms with Gasteiger partial charge in [-0.15, -0.1) is 0 Å². The average Bonchev–Trinajstić information content (AvgIpc) is 2.29. The molecule has 5 heteroatoms. The Kier molecular flexibility index (Phi) is 5.85. The van der Waals surface area contributed by atoms with E-state index in [9.17, 15) is 0 Å². The largest absolute Gasteiger partial charge is 0.370 e.